The molecule has 0 bridgehead atoms. The molecule has 12 heterocycles. The summed E-state index contributed by atoms with van der Waals surface area (Å²) in [6.45, 7) is 9.50. The third kappa shape index (κ3) is 21.9. The lowest BCUT2D eigenvalue weighted by Crippen LogP contribution is -2.36. The molecule has 42 heteroatoms. The number of rotatable bonds is 16. The van der Waals surface area contributed by atoms with Crippen LogP contribution in [-0.4, -0.2) is 198 Å². The van der Waals surface area contributed by atoms with Crippen LogP contribution >= 0.6 is 109 Å². The Bertz CT molecular complexity index is 4710. The van der Waals surface area contributed by atoms with E-state index in [1.165, 1.54) is 93.9 Å². The van der Waals surface area contributed by atoms with Crippen molar-refractivity contribution in [3.63, 3.8) is 0 Å². The quantitative estimate of drug-likeness (QED) is 0.0204. The number of nitrogens with two attached hydrogens (primary N) is 4. The number of hydrogen-bond acceptors (Lipinski definition) is 31. The molecule has 8 aliphatic heterocycles. The summed E-state index contributed by atoms with van der Waals surface area (Å²) in [6.07, 6.45) is 9.00. The van der Waals surface area contributed by atoms with E-state index in [4.69, 9.17) is 91.6 Å². The second-order valence-corrected chi connectivity index (χ2v) is 33.4. The lowest BCUT2D eigenvalue weighted by molar-refractivity contribution is -0.140. The number of carbonyl (C=O) groups excluding carboxylic acids is 4. The lowest BCUT2D eigenvalue weighted by atomic mass is 9.94. The molecule has 4 aromatic heterocycles. The van der Waals surface area contributed by atoms with E-state index < -0.39 is 48.0 Å². The van der Waals surface area contributed by atoms with Crippen molar-refractivity contribution in [3.05, 3.63) is 248 Å². The van der Waals surface area contributed by atoms with Gasteiger partial charge in [-0.25, -0.2) is 56.7 Å². The molecular formula is C79H78Br4F4N16O14S4. The average Bonchev–Trinajstić information content (AvgIpc) is 1.67. The highest BCUT2D eigenvalue weighted by Gasteiger charge is 2.47. The summed E-state index contributed by atoms with van der Waals surface area (Å²) >= 11 is 19.5. The number of benzene rings is 4. The molecule has 4 aromatic carbocycles. The van der Waals surface area contributed by atoms with Gasteiger partial charge in [0, 0.05) is 163 Å². The number of halogens is 8. The number of ether oxygens (including phenoxy) is 4. The minimum atomic E-state index is -0.635. The molecule has 0 spiro atoms. The van der Waals surface area contributed by atoms with Gasteiger partial charge in [0.05, 0.1) is 48.7 Å². The van der Waals surface area contributed by atoms with Crippen LogP contribution in [0.25, 0.3) is 0 Å². The largest absolute Gasteiger partial charge is 0.483 e. The standard InChI is InChI=1S/4C19H18BrFN4O2S.3CH2O2/c4*1-2-27-19(26)15-14-8-11(22)9-25(14)17(18-23-5-6-28-18)24-16(15)12-4-3-10(21)7-13(12)20;3*2-1-3/h4*3-7,11,16H,2,8-9,22H2,1H3;3*1H,(H,2,3)/t11?,16-;2*11-,16+;11-,16-;;;/m0110.../s1. The van der Waals surface area contributed by atoms with Gasteiger partial charge in [-0.3, -0.25) is 34.4 Å². The predicted octanol–water partition coefficient (Wildman–Crippen LogP) is 12.7. The Morgan fingerprint density at radius 3 is 0.736 bits per heavy atom. The number of fused-ring (bicyclic) bond motifs is 4. The number of thiazole rings is 4. The van der Waals surface area contributed by atoms with Gasteiger partial charge < -0.3 is 76.8 Å². The van der Waals surface area contributed by atoms with E-state index in [1.807, 2.05) is 41.1 Å². The molecule has 8 aliphatic rings. The second kappa shape index (κ2) is 43.7. The van der Waals surface area contributed by atoms with Crippen LogP contribution in [0.15, 0.2) is 202 Å². The van der Waals surface area contributed by atoms with E-state index in [1.54, 1.807) is 76.7 Å². The van der Waals surface area contributed by atoms with Gasteiger partial charge in [0.1, 0.15) is 47.4 Å². The third-order valence-corrected chi connectivity index (χ3v) is 24.5. The van der Waals surface area contributed by atoms with Crippen LogP contribution in [0, 0.1) is 23.3 Å². The number of aromatic nitrogens is 4. The average molecular weight is 2000 g/mol. The normalized spacial score (nSPS) is 20.3. The van der Waals surface area contributed by atoms with Crippen molar-refractivity contribution in [1.29, 1.82) is 0 Å². The van der Waals surface area contributed by atoms with Crippen molar-refractivity contribution < 1.29 is 85.4 Å². The molecule has 0 saturated carbocycles. The number of nitrogens with zero attached hydrogens (tertiary/aromatic N) is 12. The first-order valence-electron chi connectivity index (χ1n) is 36.9. The topological polar surface area (TPSA) is 435 Å². The first-order valence-corrected chi connectivity index (χ1v) is 43.6. The van der Waals surface area contributed by atoms with Gasteiger partial charge in [0.15, 0.2) is 43.4 Å². The molecule has 4 fully saturated rings. The maximum absolute atomic E-state index is 13.7. The highest BCUT2D eigenvalue weighted by Crippen LogP contribution is 2.48. The van der Waals surface area contributed by atoms with Crippen LogP contribution < -0.4 is 22.9 Å². The van der Waals surface area contributed by atoms with Crippen LogP contribution in [0.1, 0.15) is 120 Å². The SMILES string of the molecule is CCOC(=O)C1=C2CC(N)CN2C(c2nccs2)=N[C@H]1c1ccc(F)cc1Br.CCOC(=O)C1=C2C[C@@H](N)CN2C(c2nccs2)=N[C@H]1c1ccc(F)cc1Br.CCOC(=O)C1=C2C[C@@H](N)CN2C(c2nccs2)=N[C@H]1c1ccc(F)cc1Br.CCOC(=O)C1=C2C[C@H](N)CN2C(c2nccs2)=N[C@H]1c1ccc(F)cc1Br.O=CO.O=CO.O=CO. The third-order valence-electron chi connectivity index (χ3n) is 18.7. The van der Waals surface area contributed by atoms with Gasteiger partial charge in [-0.15, -0.1) is 45.3 Å². The first-order chi connectivity index (χ1) is 58.2. The first kappa shape index (κ1) is 93.3. The van der Waals surface area contributed by atoms with Gasteiger partial charge in [0.2, 0.25) is 0 Å². The van der Waals surface area contributed by atoms with Crippen LogP contribution in [0.3, 0.4) is 0 Å². The zero-order chi connectivity index (χ0) is 87.5. The molecule has 1 unspecified atom stereocenters. The lowest BCUT2D eigenvalue weighted by Gasteiger charge is -2.31. The second-order valence-electron chi connectivity index (χ2n) is 26.4. The number of esters is 4. The van der Waals surface area contributed by atoms with Crippen molar-refractivity contribution in [2.45, 2.75) is 102 Å². The zero-order valence-corrected chi connectivity index (χ0v) is 74.2. The summed E-state index contributed by atoms with van der Waals surface area (Å²) in [7, 11) is 0. The summed E-state index contributed by atoms with van der Waals surface area (Å²) in [5, 5.41) is 31.2. The van der Waals surface area contributed by atoms with Crippen molar-refractivity contribution in [1.82, 2.24) is 39.5 Å². The summed E-state index contributed by atoms with van der Waals surface area (Å²) in [4.78, 5) is 122. The molecule has 8 atom stereocenters. The highest BCUT2D eigenvalue weighted by atomic mass is 79.9. The molecule has 0 aliphatic carbocycles. The van der Waals surface area contributed by atoms with Crippen LogP contribution in [0.5, 0.6) is 0 Å². The molecule has 11 N–H and O–H groups in total. The minimum absolute atomic E-state index is 0.125. The van der Waals surface area contributed by atoms with E-state index in [0.29, 0.717) is 138 Å². The fourth-order valence-electron chi connectivity index (χ4n) is 14.2. The van der Waals surface area contributed by atoms with E-state index in [9.17, 15) is 36.7 Å². The summed E-state index contributed by atoms with van der Waals surface area (Å²) in [6, 6.07) is 14.4. The number of carboxylic acid groups (broad SMARTS) is 3. The van der Waals surface area contributed by atoms with Gasteiger partial charge in [-0.2, -0.15) is 0 Å². The molecular weight excluding hydrogens is 1920 g/mol. The Morgan fingerprint density at radius 2 is 0.579 bits per heavy atom. The molecule has 4 saturated heterocycles. The molecule has 0 amide bonds. The van der Waals surface area contributed by atoms with E-state index in [0.717, 1.165) is 42.8 Å². The van der Waals surface area contributed by atoms with Crippen molar-refractivity contribution in [2.24, 2.45) is 42.9 Å². The predicted molar refractivity (Wildman–Crippen MR) is 460 cm³/mol. The molecule has 8 aromatic rings. The highest BCUT2D eigenvalue weighted by molar-refractivity contribution is 9.11. The van der Waals surface area contributed by atoms with Crippen molar-refractivity contribution in [3.8, 4) is 0 Å². The van der Waals surface area contributed by atoms with E-state index >= 15 is 0 Å². The summed E-state index contributed by atoms with van der Waals surface area (Å²) < 4.78 is 78.1. The van der Waals surface area contributed by atoms with Gasteiger partial charge in [-0.1, -0.05) is 88.0 Å². The Balaban J connectivity index is 0.000000164. The number of carbonyl (C=O) groups is 7. The van der Waals surface area contributed by atoms with Gasteiger partial charge >= 0.3 is 23.9 Å². The molecule has 121 heavy (non-hydrogen) atoms. The van der Waals surface area contributed by atoms with E-state index in [-0.39, 0.29) is 93.3 Å². The fraction of sp³-hybridized carbons (Fsp3) is 0.304. The monoisotopic (exact) mass is 1990 g/mol. The number of hydrogen-bond donors (Lipinski definition) is 7. The van der Waals surface area contributed by atoms with Crippen LogP contribution in [0.2, 0.25) is 0 Å². The van der Waals surface area contributed by atoms with Crippen molar-refractivity contribution >= 4 is 176 Å². The smallest absolute Gasteiger partial charge is 0.338 e. The molecule has 0 radical (unpaired) electrons. The molecule has 638 valence electrons. The molecule has 30 nitrogen and oxygen atoms in total. The van der Waals surface area contributed by atoms with Gasteiger partial charge in [-0.05, 0) is 98.5 Å². The Kier molecular flexibility index (Phi) is 33.7. The molecule has 16 rings (SSSR count). The summed E-state index contributed by atoms with van der Waals surface area (Å²) in [5.74, 6) is -0.510. The fourth-order valence-corrected chi connectivity index (χ4v) is 19.0. The maximum atomic E-state index is 13.7. The van der Waals surface area contributed by atoms with Crippen LogP contribution in [0.4, 0.5) is 17.6 Å². The summed E-state index contributed by atoms with van der Waals surface area (Å²) in [5.41, 5.74) is 32.6. The van der Waals surface area contributed by atoms with E-state index in [2.05, 4.69) is 83.7 Å². The zero-order valence-electron chi connectivity index (χ0n) is 64.5. The van der Waals surface area contributed by atoms with Crippen molar-refractivity contribution in [2.75, 3.05) is 52.6 Å². The minimum Gasteiger partial charge on any atom is -0.483 e. The van der Waals surface area contributed by atoms with Gasteiger partial charge in [0.25, 0.3) is 19.4 Å². The number of amidine groups is 4. The Morgan fingerprint density at radius 1 is 0.388 bits per heavy atom. The maximum Gasteiger partial charge on any atom is 0.338 e. The Hall–Kier alpha value is -9.99. The van der Waals surface area contributed by atoms with Crippen LogP contribution in [-0.2, 0) is 52.5 Å². The number of aliphatic imine (C=N–C) groups is 4. The Labute approximate surface area is 739 Å².